The topological polar surface area (TPSA) is 176 Å². The van der Waals surface area contributed by atoms with Gasteiger partial charge in [-0.25, -0.2) is 0 Å². The Labute approximate surface area is 184 Å². The lowest BCUT2D eigenvalue weighted by atomic mass is 10.0. The molecule has 0 aromatic heterocycles. The maximum Gasteiger partial charge on any atom is 0.300 e. The largest absolute Gasteiger partial charge is 0.300 e. The minimum absolute atomic E-state index is 0.00616. The van der Waals surface area contributed by atoms with Crippen molar-refractivity contribution in [3.63, 3.8) is 0 Å². The summed E-state index contributed by atoms with van der Waals surface area (Å²) in [7, 11) is 0. The molecule has 32 heavy (non-hydrogen) atoms. The van der Waals surface area contributed by atoms with Gasteiger partial charge >= 0.3 is 11.4 Å². The molecule has 0 saturated heterocycles. The molecule has 1 saturated carbocycles. The number of hydrogen-bond acceptors (Lipinski definition) is 10. The third-order valence-electron chi connectivity index (χ3n) is 4.98. The van der Waals surface area contributed by atoms with Crippen LogP contribution in [0.4, 0.5) is 34.1 Å². The van der Waals surface area contributed by atoms with Crippen molar-refractivity contribution in [3.05, 3.63) is 76.9 Å². The Bertz CT molecular complexity index is 1010. The maximum atomic E-state index is 11.7. The van der Waals surface area contributed by atoms with Crippen molar-refractivity contribution in [2.24, 2.45) is 0 Å². The van der Waals surface area contributed by atoms with Crippen molar-refractivity contribution in [1.82, 2.24) is 0 Å². The average Bonchev–Trinajstić information content (AvgIpc) is 2.77. The molecular formula is C18H17N5O8S. The summed E-state index contributed by atoms with van der Waals surface area (Å²) in [6.45, 7) is 0. The standard InChI is InChI=1S/C18H17N5O8S/c24-20(25)12-6-8-15(17(10-12)22(28)29)19(32-14-4-2-1-3-5-14)16-9-7-13(21(26)27)11-18(16)23(30)31/h6-11,14H,1-5H2. The number of nitro groups is 4. The van der Waals surface area contributed by atoms with E-state index in [1.165, 1.54) is 4.31 Å². The number of non-ortho nitro benzene ring substituents is 2. The van der Waals surface area contributed by atoms with E-state index in [1.54, 1.807) is 0 Å². The Morgan fingerprint density at radius 2 is 1.12 bits per heavy atom. The zero-order valence-electron chi connectivity index (χ0n) is 16.5. The molecule has 14 heteroatoms. The van der Waals surface area contributed by atoms with Crippen LogP contribution in [0.15, 0.2) is 36.4 Å². The molecule has 0 unspecified atom stereocenters. The second kappa shape index (κ2) is 9.55. The van der Waals surface area contributed by atoms with E-state index in [0.717, 1.165) is 80.5 Å². The predicted octanol–water partition coefficient (Wildman–Crippen LogP) is 5.44. The van der Waals surface area contributed by atoms with Crippen molar-refractivity contribution < 1.29 is 19.7 Å². The molecule has 0 N–H and O–H groups in total. The molecule has 0 aliphatic heterocycles. The van der Waals surface area contributed by atoms with Crippen LogP contribution in [0.2, 0.25) is 0 Å². The molecule has 1 fully saturated rings. The van der Waals surface area contributed by atoms with Gasteiger partial charge in [0.2, 0.25) is 0 Å². The van der Waals surface area contributed by atoms with Crippen LogP contribution in [0.5, 0.6) is 0 Å². The van der Waals surface area contributed by atoms with Crippen molar-refractivity contribution >= 4 is 46.1 Å². The van der Waals surface area contributed by atoms with Crippen LogP contribution >= 0.6 is 11.9 Å². The SMILES string of the molecule is O=[N+]([O-])c1ccc(N(SC2CCCCC2)c2ccc([N+](=O)[O-])cc2[N+](=O)[O-])c([N+](=O)[O-])c1. The number of rotatable bonds is 8. The van der Waals surface area contributed by atoms with E-state index in [1.807, 2.05) is 0 Å². The fourth-order valence-electron chi connectivity index (χ4n) is 3.45. The maximum absolute atomic E-state index is 11.7. The summed E-state index contributed by atoms with van der Waals surface area (Å²) in [4.78, 5) is 42.5. The lowest BCUT2D eigenvalue weighted by Crippen LogP contribution is -2.19. The molecule has 1 aliphatic rings. The highest BCUT2D eigenvalue weighted by atomic mass is 32.2. The zero-order chi connectivity index (χ0) is 23.4. The highest BCUT2D eigenvalue weighted by Crippen LogP contribution is 2.47. The van der Waals surface area contributed by atoms with Crippen LogP contribution < -0.4 is 4.31 Å². The van der Waals surface area contributed by atoms with Gasteiger partial charge in [0.05, 0.1) is 31.8 Å². The first-order valence-corrected chi connectivity index (χ1v) is 10.3. The number of nitro benzene ring substituents is 4. The molecule has 0 bridgehead atoms. The van der Waals surface area contributed by atoms with E-state index >= 15 is 0 Å². The minimum atomic E-state index is -0.798. The number of nitrogens with zero attached hydrogens (tertiary/aromatic N) is 5. The third kappa shape index (κ3) is 4.91. The van der Waals surface area contributed by atoms with Crippen molar-refractivity contribution in [1.29, 1.82) is 0 Å². The predicted molar refractivity (Wildman–Crippen MR) is 116 cm³/mol. The van der Waals surface area contributed by atoms with Crippen LogP contribution in [0, 0.1) is 40.5 Å². The quantitative estimate of drug-likeness (QED) is 0.278. The Hall–Kier alpha value is -3.81. The number of benzene rings is 2. The molecule has 3 rings (SSSR count). The van der Waals surface area contributed by atoms with E-state index in [9.17, 15) is 40.5 Å². The molecule has 2 aromatic rings. The van der Waals surface area contributed by atoms with Gasteiger partial charge in [-0.1, -0.05) is 19.3 Å². The van der Waals surface area contributed by atoms with Crippen LogP contribution in [0.1, 0.15) is 32.1 Å². The molecule has 0 spiro atoms. The first-order chi connectivity index (χ1) is 15.2. The molecule has 0 heterocycles. The highest BCUT2D eigenvalue weighted by molar-refractivity contribution is 8.01. The summed E-state index contributed by atoms with van der Waals surface area (Å²) in [5.74, 6) is 0. The molecule has 1 aliphatic carbocycles. The van der Waals surface area contributed by atoms with Crippen LogP contribution in [0.25, 0.3) is 0 Å². The molecular weight excluding hydrogens is 446 g/mol. The Kier molecular flexibility index (Phi) is 6.82. The van der Waals surface area contributed by atoms with Gasteiger partial charge in [-0.15, -0.1) is 0 Å². The summed E-state index contributed by atoms with van der Waals surface area (Å²) < 4.78 is 1.29. The van der Waals surface area contributed by atoms with E-state index < -0.39 is 42.4 Å². The first kappa shape index (κ1) is 22.9. The van der Waals surface area contributed by atoms with Crippen LogP contribution in [0.3, 0.4) is 0 Å². The first-order valence-electron chi connectivity index (χ1n) is 9.51. The van der Waals surface area contributed by atoms with Crippen molar-refractivity contribution in [2.75, 3.05) is 4.31 Å². The van der Waals surface area contributed by atoms with Crippen LogP contribution in [-0.4, -0.2) is 24.9 Å². The van der Waals surface area contributed by atoms with Crippen molar-refractivity contribution in [3.8, 4) is 0 Å². The molecule has 0 amide bonds. The van der Waals surface area contributed by atoms with Gasteiger partial charge in [0.15, 0.2) is 0 Å². The van der Waals surface area contributed by atoms with E-state index in [2.05, 4.69) is 0 Å². The van der Waals surface area contributed by atoms with Gasteiger partial charge in [0.25, 0.3) is 11.4 Å². The summed E-state index contributed by atoms with van der Waals surface area (Å²) in [5.41, 5.74) is -2.38. The van der Waals surface area contributed by atoms with Gasteiger partial charge < -0.3 is 0 Å². The molecule has 168 valence electrons. The van der Waals surface area contributed by atoms with Crippen molar-refractivity contribution in [2.45, 2.75) is 37.4 Å². The zero-order valence-corrected chi connectivity index (χ0v) is 17.3. The summed E-state index contributed by atoms with van der Waals surface area (Å²) in [5, 5.41) is 45.6. The van der Waals surface area contributed by atoms with Gasteiger partial charge in [-0.2, -0.15) is 0 Å². The molecule has 0 atom stereocenters. The lowest BCUT2D eigenvalue weighted by Gasteiger charge is -2.29. The van der Waals surface area contributed by atoms with Gasteiger partial charge in [-0.05, 0) is 36.9 Å². The second-order valence-corrected chi connectivity index (χ2v) is 8.28. The fraction of sp³-hybridized carbons (Fsp3) is 0.333. The average molecular weight is 463 g/mol. The Morgan fingerprint density at radius 1 is 0.688 bits per heavy atom. The second-order valence-electron chi connectivity index (χ2n) is 7.03. The summed E-state index contributed by atoms with van der Waals surface area (Å²) >= 11 is 1.15. The lowest BCUT2D eigenvalue weighted by molar-refractivity contribution is -0.393. The third-order valence-corrected chi connectivity index (χ3v) is 6.35. The smallest absolute Gasteiger partial charge is 0.271 e. The monoisotopic (exact) mass is 463 g/mol. The molecule has 13 nitrogen and oxygen atoms in total. The van der Waals surface area contributed by atoms with E-state index in [-0.39, 0.29) is 16.6 Å². The highest BCUT2D eigenvalue weighted by Gasteiger charge is 2.32. The summed E-state index contributed by atoms with van der Waals surface area (Å²) in [6.07, 6.45) is 4.45. The van der Waals surface area contributed by atoms with Crippen LogP contribution in [-0.2, 0) is 0 Å². The Balaban J connectivity index is 2.20. The normalized spacial score (nSPS) is 14.0. The van der Waals surface area contributed by atoms with E-state index in [0.29, 0.717) is 0 Å². The fourth-order valence-corrected chi connectivity index (χ4v) is 4.83. The minimum Gasteiger partial charge on any atom is -0.271 e. The molecule has 0 radical (unpaired) electrons. The van der Waals surface area contributed by atoms with Gasteiger partial charge in [-0.3, -0.25) is 44.8 Å². The molecule has 2 aromatic carbocycles. The Morgan fingerprint density at radius 3 is 1.50 bits per heavy atom. The number of hydrogen-bond donors (Lipinski definition) is 0. The number of anilines is 2. The van der Waals surface area contributed by atoms with E-state index in [4.69, 9.17) is 0 Å². The van der Waals surface area contributed by atoms with Gasteiger partial charge in [0, 0.05) is 17.4 Å². The summed E-state index contributed by atoms with van der Waals surface area (Å²) in [6, 6.07) is 6.07. The van der Waals surface area contributed by atoms with Gasteiger partial charge in [0.1, 0.15) is 11.4 Å².